The summed E-state index contributed by atoms with van der Waals surface area (Å²) in [5.41, 5.74) is 3.83. The summed E-state index contributed by atoms with van der Waals surface area (Å²) in [6.07, 6.45) is 1.12. The molecule has 2 nitrogen and oxygen atoms in total. The van der Waals surface area contributed by atoms with E-state index in [1.165, 1.54) is 16.0 Å². The van der Waals surface area contributed by atoms with Crippen LogP contribution in [0.25, 0.3) is 0 Å². The van der Waals surface area contributed by atoms with Crippen molar-refractivity contribution in [3.05, 3.63) is 50.7 Å². The van der Waals surface area contributed by atoms with Crippen LogP contribution in [-0.4, -0.2) is 13.6 Å². The van der Waals surface area contributed by atoms with Crippen LogP contribution in [0.3, 0.4) is 0 Å². The molecule has 3 rings (SSSR count). The lowest BCUT2D eigenvalue weighted by Crippen LogP contribution is -2.29. The molecule has 1 aromatic heterocycles. The SMILES string of the molecule is CNC(C)c1ccc(N2CCc3sccc3C2)c(Cl)c1. The standard InChI is InChI=1S/C16H19ClN2S/c1-11(18-2)12-3-4-15(14(17)9-12)19-7-5-16-13(10-19)6-8-20-16/h3-4,6,8-9,11,18H,5,7,10H2,1-2H3. The topological polar surface area (TPSA) is 15.3 Å². The fourth-order valence-corrected chi connectivity index (χ4v) is 3.87. The summed E-state index contributed by atoms with van der Waals surface area (Å²) in [7, 11) is 1.97. The molecule has 1 aromatic carbocycles. The van der Waals surface area contributed by atoms with Gasteiger partial charge in [0.05, 0.1) is 10.7 Å². The molecule has 1 N–H and O–H groups in total. The molecule has 1 atom stereocenters. The van der Waals surface area contributed by atoms with Gasteiger partial charge in [-0.1, -0.05) is 17.7 Å². The number of thiophene rings is 1. The minimum absolute atomic E-state index is 0.325. The molecule has 0 saturated heterocycles. The average Bonchev–Trinajstić information content (AvgIpc) is 2.93. The summed E-state index contributed by atoms with van der Waals surface area (Å²) >= 11 is 8.37. The minimum atomic E-state index is 0.325. The quantitative estimate of drug-likeness (QED) is 0.912. The third-order valence-electron chi connectivity index (χ3n) is 4.05. The highest BCUT2D eigenvalue weighted by Gasteiger charge is 2.19. The summed E-state index contributed by atoms with van der Waals surface area (Å²) in [4.78, 5) is 3.91. The third kappa shape index (κ3) is 2.58. The van der Waals surface area contributed by atoms with Crippen molar-refractivity contribution < 1.29 is 0 Å². The van der Waals surface area contributed by atoms with Gasteiger partial charge in [0.1, 0.15) is 0 Å². The van der Waals surface area contributed by atoms with Crippen LogP contribution in [-0.2, 0) is 13.0 Å². The molecule has 1 unspecified atom stereocenters. The number of fused-ring (bicyclic) bond motifs is 1. The molecule has 0 radical (unpaired) electrons. The highest BCUT2D eigenvalue weighted by Crippen LogP contribution is 2.33. The van der Waals surface area contributed by atoms with Gasteiger partial charge in [-0.2, -0.15) is 0 Å². The Morgan fingerprint density at radius 1 is 1.35 bits per heavy atom. The van der Waals surface area contributed by atoms with E-state index in [1.807, 2.05) is 18.4 Å². The Morgan fingerprint density at radius 3 is 2.95 bits per heavy atom. The first-order valence-electron chi connectivity index (χ1n) is 6.96. The summed E-state index contributed by atoms with van der Waals surface area (Å²) in [5, 5.41) is 6.28. The Hall–Kier alpha value is -1.03. The average molecular weight is 307 g/mol. The molecule has 0 aliphatic carbocycles. The van der Waals surface area contributed by atoms with Crippen molar-refractivity contribution in [2.45, 2.75) is 25.9 Å². The molecule has 1 aliphatic heterocycles. The lowest BCUT2D eigenvalue weighted by molar-refractivity contribution is 0.652. The van der Waals surface area contributed by atoms with Crippen molar-refractivity contribution in [1.29, 1.82) is 0 Å². The molecule has 0 spiro atoms. The number of benzene rings is 1. The zero-order valence-corrected chi connectivity index (χ0v) is 13.4. The van der Waals surface area contributed by atoms with Crippen LogP contribution in [0.2, 0.25) is 5.02 Å². The van der Waals surface area contributed by atoms with E-state index in [9.17, 15) is 0 Å². The summed E-state index contributed by atoms with van der Waals surface area (Å²) < 4.78 is 0. The molecule has 0 bridgehead atoms. The van der Waals surface area contributed by atoms with Crippen molar-refractivity contribution >= 4 is 28.6 Å². The van der Waals surface area contributed by atoms with E-state index in [4.69, 9.17) is 11.6 Å². The van der Waals surface area contributed by atoms with Crippen molar-refractivity contribution in [2.24, 2.45) is 0 Å². The molecular formula is C16H19ClN2S. The van der Waals surface area contributed by atoms with Gasteiger partial charge in [-0.05, 0) is 55.1 Å². The van der Waals surface area contributed by atoms with Gasteiger partial charge in [0.25, 0.3) is 0 Å². The number of nitrogens with zero attached hydrogens (tertiary/aromatic N) is 1. The van der Waals surface area contributed by atoms with E-state index in [0.717, 1.165) is 30.2 Å². The molecule has 2 aromatic rings. The van der Waals surface area contributed by atoms with Gasteiger partial charge in [-0.15, -0.1) is 11.3 Å². The largest absolute Gasteiger partial charge is 0.366 e. The van der Waals surface area contributed by atoms with Crippen LogP contribution in [0.4, 0.5) is 5.69 Å². The van der Waals surface area contributed by atoms with E-state index in [2.05, 4.69) is 46.8 Å². The van der Waals surface area contributed by atoms with Crippen molar-refractivity contribution in [1.82, 2.24) is 5.32 Å². The number of halogens is 1. The molecule has 106 valence electrons. The van der Waals surface area contributed by atoms with Crippen LogP contribution in [0.1, 0.15) is 29.0 Å². The van der Waals surface area contributed by atoms with Crippen LogP contribution in [0, 0.1) is 0 Å². The molecule has 0 amide bonds. The van der Waals surface area contributed by atoms with E-state index in [-0.39, 0.29) is 0 Å². The van der Waals surface area contributed by atoms with Crippen LogP contribution in [0.15, 0.2) is 29.6 Å². The maximum atomic E-state index is 6.50. The Morgan fingerprint density at radius 2 is 2.20 bits per heavy atom. The summed E-state index contributed by atoms with van der Waals surface area (Å²) in [6.45, 7) is 4.16. The van der Waals surface area contributed by atoms with Gasteiger partial charge >= 0.3 is 0 Å². The van der Waals surface area contributed by atoms with Crippen LogP contribution >= 0.6 is 22.9 Å². The maximum Gasteiger partial charge on any atom is 0.0643 e. The Balaban J connectivity index is 1.85. The highest BCUT2D eigenvalue weighted by atomic mass is 35.5. The molecule has 1 aliphatic rings. The van der Waals surface area contributed by atoms with Gasteiger partial charge in [-0.3, -0.25) is 0 Å². The number of anilines is 1. The monoisotopic (exact) mass is 306 g/mol. The summed E-state index contributed by atoms with van der Waals surface area (Å²) in [5.74, 6) is 0. The number of hydrogen-bond donors (Lipinski definition) is 1. The highest BCUT2D eigenvalue weighted by molar-refractivity contribution is 7.10. The number of nitrogens with one attached hydrogen (secondary N) is 1. The number of rotatable bonds is 3. The summed E-state index contributed by atoms with van der Waals surface area (Å²) in [6, 6.07) is 8.97. The Labute approximate surface area is 129 Å². The zero-order valence-electron chi connectivity index (χ0n) is 11.8. The second-order valence-electron chi connectivity index (χ2n) is 5.26. The molecule has 0 fully saturated rings. The van der Waals surface area contributed by atoms with Gasteiger partial charge in [0.15, 0.2) is 0 Å². The maximum absolute atomic E-state index is 6.50. The van der Waals surface area contributed by atoms with Gasteiger partial charge in [0, 0.05) is 24.0 Å². The first-order chi connectivity index (χ1) is 9.69. The molecule has 4 heteroatoms. The van der Waals surface area contributed by atoms with Crippen molar-refractivity contribution in [3.63, 3.8) is 0 Å². The second-order valence-corrected chi connectivity index (χ2v) is 6.67. The molecule has 0 saturated carbocycles. The van der Waals surface area contributed by atoms with Crippen LogP contribution < -0.4 is 10.2 Å². The van der Waals surface area contributed by atoms with Crippen molar-refractivity contribution in [3.8, 4) is 0 Å². The Bertz CT molecular complexity index is 608. The lowest BCUT2D eigenvalue weighted by atomic mass is 10.1. The fraction of sp³-hybridized carbons (Fsp3) is 0.375. The van der Waals surface area contributed by atoms with E-state index < -0.39 is 0 Å². The smallest absolute Gasteiger partial charge is 0.0643 e. The normalized spacial score (nSPS) is 16.1. The second kappa shape index (κ2) is 5.76. The first-order valence-corrected chi connectivity index (χ1v) is 8.21. The Kier molecular flexibility index (Phi) is 4.01. The molecule has 20 heavy (non-hydrogen) atoms. The third-order valence-corrected chi connectivity index (χ3v) is 5.38. The lowest BCUT2D eigenvalue weighted by Gasteiger charge is -2.30. The van der Waals surface area contributed by atoms with Crippen LogP contribution in [0.5, 0.6) is 0 Å². The molecule has 2 heterocycles. The van der Waals surface area contributed by atoms with Crippen molar-refractivity contribution in [2.75, 3.05) is 18.5 Å². The van der Waals surface area contributed by atoms with Gasteiger partial charge in [-0.25, -0.2) is 0 Å². The first kappa shape index (κ1) is 13.9. The van der Waals surface area contributed by atoms with Gasteiger partial charge < -0.3 is 10.2 Å². The zero-order chi connectivity index (χ0) is 14.1. The predicted octanol–water partition coefficient (Wildman–Crippen LogP) is 4.24. The predicted molar refractivity (Wildman–Crippen MR) is 88.0 cm³/mol. The van der Waals surface area contributed by atoms with E-state index >= 15 is 0 Å². The minimum Gasteiger partial charge on any atom is -0.366 e. The molecular weight excluding hydrogens is 288 g/mol. The van der Waals surface area contributed by atoms with E-state index in [0.29, 0.717) is 6.04 Å². The van der Waals surface area contributed by atoms with Gasteiger partial charge in [0.2, 0.25) is 0 Å². The van der Waals surface area contributed by atoms with E-state index in [1.54, 1.807) is 0 Å². The number of hydrogen-bond acceptors (Lipinski definition) is 3. The fourth-order valence-electron chi connectivity index (χ4n) is 2.67.